The predicted octanol–water partition coefficient (Wildman–Crippen LogP) is 1.68. The van der Waals surface area contributed by atoms with E-state index >= 15 is 0 Å². The highest BCUT2D eigenvalue weighted by Crippen LogP contribution is 2.24. The number of benzene rings is 1. The molecule has 0 aliphatic carbocycles. The van der Waals surface area contributed by atoms with E-state index in [2.05, 4.69) is 15.0 Å². The van der Waals surface area contributed by atoms with Crippen molar-refractivity contribution in [1.82, 2.24) is 10.3 Å². The lowest BCUT2D eigenvalue weighted by Gasteiger charge is -2.08. The number of methoxy groups -OCH3 is 1. The second kappa shape index (κ2) is 6.15. The number of rotatable bonds is 6. The fraction of sp³-hybridized carbons (Fsp3) is 0.231. The number of nitrogens with one attached hydrogen (secondary N) is 3. The normalized spacial score (nSPS) is 11.4. The Kier molecular flexibility index (Phi) is 4.49. The number of halogens is 1. The minimum atomic E-state index is -3.74. The molecule has 0 spiro atoms. The molecular formula is C13H16FN3O3S. The van der Waals surface area contributed by atoms with E-state index < -0.39 is 15.8 Å². The van der Waals surface area contributed by atoms with Gasteiger partial charge in [-0.25, -0.2) is 12.8 Å². The number of aromatic nitrogens is 1. The van der Waals surface area contributed by atoms with Crippen molar-refractivity contribution in [3.05, 3.63) is 42.0 Å². The van der Waals surface area contributed by atoms with E-state index in [1.165, 1.54) is 31.5 Å². The van der Waals surface area contributed by atoms with Gasteiger partial charge >= 0.3 is 0 Å². The van der Waals surface area contributed by atoms with Gasteiger partial charge in [0.15, 0.2) is 11.6 Å². The van der Waals surface area contributed by atoms with E-state index in [4.69, 9.17) is 4.74 Å². The second-order valence-corrected chi connectivity index (χ2v) is 6.03. The van der Waals surface area contributed by atoms with Crippen LogP contribution in [0.1, 0.15) is 5.69 Å². The van der Waals surface area contributed by atoms with Gasteiger partial charge in [0.25, 0.3) is 10.0 Å². The minimum absolute atomic E-state index is 0.0276. The van der Waals surface area contributed by atoms with Crippen LogP contribution in [0.5, 0.6) is 5.75 Å². The first kappa shape index (κ1) is 15.3. The summed E-state index contributed by atoms with van der Waals surface area (Å²) in [5.41, 5.74) is 0.971. The molecule has 2 aromatic rings. The molecule has 0 aliphatic rings. The Hall–Kier alpha value is -2.06. The molecule has 8 heteroatoms. The Morgan fingerprint density at radius 1 is 1.33 bits per heavy atom. The number of ether oxygens (including phenoxy) is 1. The Morgan fingerprint density at radius 2 is 2.10 bits per heavy atom. The molecule has 0 fully saturated rings. The van der Waals surface area contributed by atoms with E-state index in [0.29, 0.717) is 6.54 Å². The van der Waals surface area contributed by atoms with E-state index in [-0.39, 0.29) is 16.3 Å². The lowest BCUT2D eigenvalue weighted by molar-refractivity contribution is 0.387. The van der Waals surface area contributed by atoms with Crippen LogP contribution in [-0.4, -0.2) is 27.6 Å². The molecule has 0 unspecified atom stereocenters. The largest absolute Gasteiger partial charge is 0.494 e. The third-order valence-electron chi connectivity index (χ3n) is 2.80. The third kappa shape index (κ3) is 3.53. The maximum absolute atomic E-state index is 13.3. The first-order chi connectivity index (χ1) is 9.96. The monoisotopic (exact) mass is 313 g/mol. The minimum Gasteiger partial charge on any atom is -0.494 e. The van der Waals surface area contributed by atoms with Gasteiger partial charge in [0.05, 0.1) is 12.8 Å². The van der Waals surface area contributed by atoms with Crippen LogP contribution >= 0.6 is 0 Å². The first-order valence-corrected chi connectivity index (χ1v) is 7.63. The van der Waals surface area contributed by atoms with E-state index in [0.717, 1.165) is 11.8 Å². The van der Waals surface area contributed by atoms with Crippen molar-refractivity contribution in [2.75, 3.05) is 18.9 Å². The van der Waals surface area contributed by atoms with Crippen LogP contribution in [0.25, 0.3) is 0 Å². The van der Waals surface area contributed by atoms with Gasteiger partial charge in [-0.3, -0.25) is 4.72 Å². The van der Waals surface area contributed by atoms with Crippen LogP contribution in [0.15, 0.2) is 35.4 Å². The van der Waals surface area contributed by atoms with Gasteiger partial charge in [0.1, 0.15) is 4.90 Å². The van der Waals surface area contributed by atoms with E-state index in [1.54, 1.807) is 7.05 Å². The zero-order valence-electron chi connectivity index (χ0n) is 11.6. The summed E-state index contributed by atoms with van der Waals surface area (Å²) in [6.45, 7) is 0.528. The van der Waals surface area contributed by atoms with Crippen LogP contribution in [0.2, 0.25) is 0 Å². The van der Waals surface area contributed by atoms with Gasteiger partial charge in [0.2, 0.25) is 0 Å². The summed E-state index contributed by atoms with van der Waals surface area (Å²) in [4.78, 5) is 2.97. The first-order valence-electron chi connectivity index (χ1n) is 6.14. The molecule has 0 atom stereocenters. The fourth-order valence-corrected chi connectivity index (χ4v) is 2.87. The summed E-state index contributed by atoms with van der Waals surface area (Å²) in [6.07, 6.45) is 1.40. The van der Waals surface area contributed by atoms with Gasteiger partial charge in [-0.15, -0.1) is 0 Å². The maximum Gasteiger partial charge on any atom is 0.263 e. The molecule has 0 saturated heterocycles. The van der Waals surface area contributed by atoms with Gasteiger partial charge in [0, 0.05) is 24.5 Å². The quantitative estimate of drug-likeness (QED) is 0.758. The molecule has 1 heterocycles. The number of H-pyrrole nitrogens is 1. The van der Waals surface area contributed by atoms with Crippen LogP contribution in [0, 0.1) is 5.82 Å². The molecule has 0 saturated carbocycles. The zero-order valence-corrected chi connectivity index (χ0v) is 12.4. The standard InChI is InChI=1S/C13H16FN3O3S/c1-15-7-10-5-11(8-16-10)21(18,19)17-9-3-4-12(14)13(6-9)20-2/h3-6,8,15-17H,7H2,1-2H3. The molecule has 0 aliphatic heterocycles. The molecule has 114 valence electrons. The molecule has 0 radical (unpaired) electrons. The molecule has 3 N–H and O–H groups in total. The highest BCUT2D eigenvalue weighted by atomic mass is 32.2. The molecule has 6 nitrogen and oxygen atoms in total. The summed E-state index contributed by atoms with van der Waals surface area (Å²) >= 11 is 0. The number of aromatic amines is 1. The van der Waals surface area contributed by atoms with Crippen molar-refractivity contribution < 1.29 is 17.5 Å². The summed E-state index contributed by atoms with van der Waals surface area (Å²) in [5, 5.41) is 2.92. The van der Waals surface area contributed by atoms with E-state index in [1.807, 2.05) is 0 Å². The number of hydrogen-bond acceptors (Lipinski definition) is 4. The van der Waals surface area contributed by atoms with Crippen molar-refractivity contribution in [2.24, 2.45) is 0 Å². The second-order valence-electron chi connectivity index (χ2n) is 4.35. The maximum atomic E-state index is 13.3. The van der Waals surface area contributed by atoms with Crippen LogP contribution < -0.4 is 14.8 Å². The van der Waals surface area contributed by atoms with Crippen molar-refractivity contribution in [1.29, 1.82) is 0 Å². The Labute approximate surface area is 122 Å². The summed E-state index contributed by atoms with van der Waals surface area (Å²) < 4.78 is 44.9. The lowest BCUT2D eigenvalue weighted by Crippen LogP contribution is -2.12. The molecule has 21 heavy (non-hydrogen) atoms. The SMILES string of the molecule is CNCc1cc(S(=O)(=O)Nc2ccc(F)c(OC)c2)c[nH]1. The molecule has 0 amide bonds. The molecule has 1 aromatic carbocycles. The summed E-state index contributed by atoms with van der Waals surface area (Å²) in [7, 11) is -0.661. The molecular weight excluding hydrogens is 297 g/mol. The highest BCUT2D eigenvalue weighted by Gasteiger charge is 2.17. The zero-order chi connectivity index (χ0) is 15.5. The number of anilines is 1. The molecule has 2 rings (SSSR count). The van der Waals surface area contributed by atoms with Crippen molar-refractivity contribution in [3.63, 3.8) is 0 Å². The number of hydrogen-bond donors (Lipinski definition) is 3. The van der Waals surface area contributed by atoms with E-state index in [9.17, 15) is 12.8 Å². The fourth-order valence-electron chi connectivity index (χ4n) is 1.80. The van der Waals surface area contributed by atoms with Crippen LogP contribution in [0.3, 0.4) is 0 Å². The van der Waals surface area contributed by atoms with Gasteiger partial charge in [-0.2, -0.15) is 0 Å². The molecule has 0 bridgehead atoms. The van der Waals surface area contributed by atoms with Crippen LogP contribution in [-0.2, 0) is 16.6 Å². The third-order valence-corrected chi connectivity index (χ3v) is 4.16. The smallest absolute Gasteiger partial charge is 0.263 e. The summed E-state index contributed by atoms with van der Waals surface area (Å²) in [6, 6.07) is 5.28. The van der Waals surface area contributed by atoms with Gasteiger partial charge < -0.3 is 15.0 Å². The number of sulfonamides is 1. The average Bonchev–Trinajstić information content (AvgIpc) is 2.91. The Balaban J connectivity index is 2.24. The topological polar surface area (TPSA) is 83.2 Å². The van der Waals surface area contributed by atoms with Crippen molar-refractivity contribution in [2.45, 2.75) is 11.4 Å². The highest BCUT2D eigenvalue weighted by molar-refractivity contribution is 7.92. The van der Waals surface area contributed by atoms with Gasteiger partial charge in [-0.05, 0) is 25.2 Å². The molecule has 1 aromatic heterocycles. The van der Waals surface area contributed by atoms with Crippen molar-refractivity contribution >= 4 is 15.7 Å². The summed E-state index contributed by atoms with van der Waals surface area (Å²) in [5.74, 6) is -0.585. The lowest BCUT2D eigenvalue weighted by atomic mass is 10.3. The Morgan fingerprint density at radius 3 is 2.76 bits per heavy atom. The average molecular weight is 313 g/mol. The van der Waals surface area contributed by atoms with Gasteiger partial charge in [-0.1, -0.05) is 0 Å². The van der Waals surface area contributed by atoms with Crippen LogP contribution in [0.4, 0.5) is 10.1 Å². The predicted molar refractivity (Wildman–Crippen MR) is 77.3 cm³/mol. The Bertz CT molecular complexity index is 728. The van der Waals surface area contributed by atoms with Crippen molar-refractivity contribution in [3.8, 4) is 5.75 Å².